The zero-order valence-electron chi connectivity index (χ0n) is 15.2. The number of amides is 1. The van der Waals surface area contributed by atoms with E-state index in [1.165, 1.54) is 5.56 Å². The van der Waals surface area contributed by atoms with Crippen molar-refractivity contribution in [2.45, 2.75) is 13.0 Å². The van der Waals surface area contributed by atoms with E-state index in [9.17, 15) is 4.79 Å². The Morgan fingerprint density at radius 1 is 1.00 bits per heavy atom. The summed E-state index contributed by atoms with van der Waals surface area (Å²) in [7, 11) is 2.16. The lowest BCUT2D eigenvalue weighted by atomic mass is 10.2. The van der Waals surface area contributed by atoms with Crippen LogP contribution in [-0.4, -0.2) is 91.5 Å². The van der Waals surface area contributed by atoms with Gasteiger partial charge in [-0.15, -0.1) is 0 Å². The van der Waals surface area contributed by atoms with E-state index < -0.39 is 0 Å². The van der Waals surface area contributed by atoms with Crippen LogP contribution in [0.2, 0.25) is 5.02 Å². The first kappa shape index (κ1) is 18.6. The fraction of sp³-hybridized carbons (Fsp3) is 0.632. The average Bonchev–Trinajstić information content (AvgIpc) is 2.80. The number of hydrogen-bond donors (Lipinski definition) is 0. The van der Waals surface area contributed by atoms with Gasteiger partial charge in [-0.1, -0.05) is 23.7 Å². The summed E-state index contributed by atoms with van der Waals surface area (Å²) < 4.78 is 0. The van der Waals surface area contributed by atoms with Crippen LogP contribution in [0.15, 0.2) is 24.3 Å². The highest BCUT2D eigenvalue weighted by atomic mass is 35.5. The minimum Gasteiger partial charge on any atom is -0.339 e. The SMILES string of the molecule is CN1CCCN(CC(=O)N2CCN(Cc3cccc(Cl)c3)CC2)CC1. The standard InChI is InChI=1S/C19H29ClN4O/c1-21-6-3-7-22(9-8-21)16-19(25)24-12-10-23(11-13-24)15-17-4-2-5-18(20)14-17/h2,4-5,14H,3,6-13,15-16H2,1H3. The molecule has 2 fully saturated rings. The molecule has 1 aromatic carbocycles. The molecule has 2 aliphatic heterocycles. The van der Waals surface area contributed by atoms with Gasteiger partial charge in [-0.05, 0) is 44.3 Å². The molecule has 0 unspecified atom stereocenters. The Morgan fingerprint density at radius 3 is 2.52 bits per heavy atom. The van der Waals surface area contributed by atoms with Crippen molar-refractivity contribution in [3.63, 3.8) is 0 Å². The van der Waals surface area contributed by atoms with E-state index in [4.69, 9.17) is 11.6 Å². The molecule has 0 N–H and O–H groups in total. The van der Waals surface area contributed by atoms with Gasteiger partial charge in [0.15, 0.2) is 0 Å². The van der Waals surface area contributed by atoms with Crippen molar-refractivity contribution in [2.24, 2.45) is 0 Å². The summed E-state index contributed by atoms with van der Waals surface area (Å²) in [5, 5.41) is 0.786. The molecule has 0 aromatic heterocycles. The lowest BCUT2D eigenvalue weighted by Crippen LogP contribution is -2.51. The van der Waals surface area contributed by atoms with E-state index in [1.54, 1.807) is 0 Å². The molecule has 0 saturated carbocycles. The van der Waals surface area contributed by atoms with Gasteiger partial charge in [0, 0.05) is 50.8 Å². The van der Waals surface area contributed by atoms with Gasteiger partial charge in [0.05, 0.1) is 6.54 Å². The summed E-state index contributed by atoms with van der Waals surface area (Å²) in [5.41, 5.74) is 1.24. The normalized spacial score (nSPS) is 21.3. The lowest BCUT2D eigenvalue weighted by Gasteiger charge is -2.35. The van der Waals surface area contributed by atoms with E-state index >= 15 is 0 Å². The van der Waals surface area contributed by atoms with Crippen LogP contribution < -0.4 is 0 Å². The Labute approximate surface area is 156 Å². The summed E-state index contributed by atoms with van der Waals surface area (Å²) in [6, 6.07) is 8.04. The number of rotatable bonds is 4. The highest BCUT2D eigenvalue weighted by Crippen LogP contribution is 2.14. The van der Waals surface area contributed by atoms with Crippen LogP contribution in [-0.2, 0) is 11.3 Å². The van der Waals surface area contributed by atoms with Gasteiger partial charge in [-0.25, -0.2) is 0 Å². The molecule has 2 heterocycles. The number of nitrogens with zero attached hydrogens (tertiary/aromatic N) is 4. The van der Waals surface area contributed by atoms with Crippen molar-refractivity contribution in [3.8, 4) is 0 Å². The number of piperazine rings is 1. The van der Waals surface area contributed by atoms with E-state index in [0.717, 1.165) is 70.3 Å². The molecule has 1 amide bonds. The monoisotopic (exact) mass is 364 g/mol. The van der Waals surface area contributed by atoms with E-state index in [0.29, 0.717) is 6.54 Å². The van der Waals surface area contributed by atoms with Crippen molar-refractivity contribution in [1.82, 2.24) is 19.6 Å². The van der Waals surface area contributed by atoms with Crippen molar-refractivity contribution in [3.05, 3.63) is 34.9 Å². The molecule has 0 radical (unpaired) electrons. The van der Waals surface area contributed by atoms with Gasteiger partial charge < -0.3 is 9.80 Å². The van der Waals surface area contributed by atoms with Crippen LogP contribution in [0.5, 0.6) is 0 Å². The molecule has 2 saturated heterocycles. The van der Waals surface area contributed by atoms with Gasteiger partial charge in [-0.3, -0.25) is 14.6 Å². The Morgan fingerprint density at radius 2 is 1.76 bits per heavy atom. The van der Waals surface area contributed by atoms with Gasteiger partial charge >= 0.3 is 0 Å². The first-order valence-electron chi connectivity index (χ1n) is 9.25. The van der Waals surface area contributed by atoms with Crippen molar-refractivity contribution in [2.75, 3.05) is 66.0 Å². The molecule has 2 aliphatic rings. The summed E-state index contributed by atoms with van der Waals surface area (Å²) in [6.07, 6.45) is 1.15. The number of likely N-dealkylation sites (N-methyl/N-ethyl adjacent to an activating group) is 1. The number of hydrogen-bond acceptors (Lipinski definition) is 4. The molecular formula is C19H29ClN4O. The molecule has 0 atom stereocenters. The highest BCUT2D eigenvalue weighted by Gasteiger charge is 2.23. The molecule has 0 spiro atoms. The molecule has 138 valence electrons. The highest BCUT2D eigenvalue weighted by molar-refractivity contribution is 6.30. The van der Waals surface area contributed by atoms with E-state index in [1.807, 2.05) is 23.1 Å². The molecule has 0 bridgehead atoms. The van der Waals surface area contributed by atoms with Gasteiger partial charge in [0.1, 0.15) is 0 Å². The first-order valence-corrected chi connectivity index (χ1v) is 9.63. The maximum atomic E-state index is 12.6. The van der Waals surface area contributed by atoms with Crippen LogP contribution in [0.1, 0.15) is 12.0 Å². The zero-order chi connectivity index (χ0) is 17.6. The quantitative estimate of drug-likeness (QED) is 0.812. The average molecular weight is 365 g/mol. The van der Waals surface area contributed by atoms with Crippen LogP contribution in [0.3, 0.4) is 0 Å². The fourth-order valence-electron chi connectivity index (χ4n) is 3.60. The first-order chi connectivity index (χ1) is 12.1. The second-order valence-corrected chi connectivity index (χ2v) is 7.66. The van der Waals surface area contributed by atoms with Crippen LogP contribution >= 0.6 is 11.6 Å². The minimum atomic E-state index is 0.284. The summed E-state index contributed by atoms with van der Waals surface area (Å²) in [6.45, 7) is 9.21. The Hall–Kier alpha value is -1.14. The Kier molecular flexibility index (Phi) is 6.70. The molecule has 25 heavy (non-hydrogen) atoms. The second-order valence-electron chi connectivity index (χ2n) is 7.22. The largest absolute Gasteiger partial charge is 0.339 e. The third-order valence-corrected chi connectivity index (χ3v) is 5.43. The molecule has 5 nitrogen and oxygen atoms in total. The third-order valence-electron chi connectivity index (χ3n) is 5.19. The van der Waals surface area contributed by atoms with Crippen molar-refractivity contribution >= 4 is 17.5 Å². The summed E-state index contributed by atoms with van der Waals surface area (Å²) in [5.74, 6) is 0.284. The van der Waals surface area contributed by atoms with Gasteiger partial charge in [0.25, 0.3) is 0 Å². The van der Waals surface area contributed by atoms with E-state index in [-0.39, 0.29) is 5.91 Å². The van der Waals surface area contributed by atoms with Crippen molar-refractivity contribution in [1.29, 1.82) is 0 Å². The van der Waals surface area contributed by atoms with Gasteiger partial charge in [-0.2, -0.15) is 0 Å². The van der Waals surface area contributed by atoms with Crippen LogP contribution in [0, 0.1) is 0 Å². The lowest BCUT2D eigenvalue weighted by molar-refractivity contribution is -0.134. The topological polar surface area (TPSA) is 30.0 Å². The maximum absolute atomic E-state index is 12.6. The molecule has 6 heteroatoms. The maximum Gasteiger partial charge on any atom is 0.236 e. The minimum absolute atomic E-state index is 0.284. The second kappa shape index (κ2) is 8.99. The smallest absolute Gasteiger partial charge is 0.236 e. The van der Waals surface area contributed by atoms with Crippen LogP contribution in [0.4, 0.5) is 0 Å². The van der Waals surface area contributed by atoms with Crippen LogP contribution in [0.25, 0.3) is 0 Å². The van der Waals surface area contributed by atoms with Crippen molar-refractivity contribution < 1.29 is 4.79 Å². The molecule has 0 aliphatic carbocycles. The summed E-state index contributed by atoms with van der Waals surface area (Å²) in [4.78, 5) is 21.7. The Balaban J connectivity index is 1.43. The predicted octanol–water partition coefficient (Wildman–Crippen LogP) is 1.62. The number of halogens is 1. The number of carbonyl (C=O) groups is 1. The molecular weight excluding hydrogens is 336 g/mol. The Bertz CT molecular complexity index is 574. The van der Waals surface area contributed by atoms with E-state index in [2.05, 4.69) is 27.8 Å². The molecule has 3 rings (SSSR count). The van der Waals surface area contributed by atoms with Gasteiger partial charge in [0.2, 0.25) is 5.91 Å². The fourth-order valence-corrected chi connectivity index (χ4v) is 3.81. The molecule has 1 aromatic rings. The third kappa shape index (κ3) is 5.68. The number of carbonyl (C=O) groups excluding carboxylic acids is 1. The summed E-state index contributed by atoms with van der Waals surface area (Å²) >= 11 is 6.06. The number of benzene rings is 1. The zero-order valence-corrected chi connectivity index (χ0v) is 15.9. The predicted molar refractivity (Wildman–Crippen MR) is 102 cm³/mol.